The third-order valence-electron chi connectivity index (χ3n) is 3.36. The first kappa shape index (κ1) is 19.4. The van der Waals surface area contributed by atoms with Crippen LogP contribution in [0.1, 0.15) is 41.6 Å². The van der Waals surface area contributed by atoms with Crippen molar-refractivity contribution in [1.29, 1.82) is 0 Å². The third kappa shape index (κ3) is 5.02. The molecule has 1 aromatic heterocycles. The number of amides is 1. The van der Waals surface area contributed by atoms with Crippen molar-refractivity contribution in [3.63, 3.8) is 0 Å². The molecule has 0 aliphatic heterocycles. The van der Waals surface area contributed by atoms with E-state index in [4.69, 9.17) is 0 Å². The summed E-state index contributed by atoms with van der Waals surface area (Å²) in [7, 11) is -4.67. The molecule has 2 rings (SSSR count). The van der Waals surface area contributed by atoms with Gasteiger partial charge in [-0.3, -0.25) is 10.1 Å². The monoisotopic (exact) mass is 389 g/mol. The largest absolute Gasteiger partial charge is 0.341 e. The summed E-state index contributed by atoms with van der Waals surface area (Å²) < 4.78 is 47.7. The highest BCUT2D eigenvalue weighted by Crippen LogP contribution is 2.21. The Morgan fingerprint density at radius 1 is 1.20 bits per heavy atom. The number of rotatable bonds is 8. The summed E-state index contributed by atoms with van der Waals surface area (Å²) in [5.74, 6) is -4.02. The number of carbonyl (C=O) groups is 1. The number of aryl methyl sites for hydroxylation is 1. The number of sulfone groups is 1. The molecular weight excluding hydrogens is 372 g/mol. The lowest BCUT2D eigenvalue weighted by Gasteiger charge is -2.04. The summed E-state index contributed by atoms with van der Waals surface area (Å²) in [6.45, 7) is 2.10. The van der Waals surface area contributed by atoms with Crippen molar-refractivity contribution in [1.82, 2.24) is 10.2 Å². The van der Waals surface area contributed by atoms with Crippen LogP contribution in [0, 0.1) is 0 Å². The fraction of sp³-hybridized carbons (Fsp3) is 0.400. The van der Waals surface area contributed by atoms with Crippen LogP contribution in [-0.2, 0) is 16.3 Å². The molecule has 0 atom stereocenters. The molecule has 0 saturated carbocycles. The molecule has 0 unspecified atom stereocenters. The van der Waals surface area contributed by atoms with E-state index in [-0.39, 0.29) is 5.56 Å². The minimum atomic E-state index is -4.67. The van der Waals surface area contributed by atoms with E-state index < -0.39 is 26.4 Å². The van der Waals surface area contributed by atoms with Gasteiger partial charge >= 0.3 is 5.76 Å². The zero-order valence-electron chi connectivity index (χ0n) is 13.4. The van der Waals surface area contributed by atoms with E-state index in [1.807, 2.05) is 0 Å². The predicted molar refractivity (Wildman–Crippen MR) is 90.7 cm³/mol. The van der Waals surface area contributed by atoms with Crippen molar-refractivity contribution in [2.75, 3.05) is 5.32 Å². The lowest BCUT2D eigenvalue weighted by molar-refractivity contribution is 0.102. The van der Waals surface area contributed by atoms with E-state index in [9.17, 15) is 22.0 Å². The molecule has 0 spiro atoms. The van der Waals surface area contributed by atoms with E-state index in [1.54, 1.807) is 0 Å². The van der Waals surface area contributed by atoms with E-state index in [2.05, 4.69) is 22.4 Å². The van der Waals surface area contributed by atoms with Gasteiger partial charge < -0.3 is 0 Å². The summed E-state index contributed by atoms with van der Waals surface area (Å²) in [5, 5.41) is 11.6. The lowest BCUT2D eigenvalue weighted by Crippen LogP contribution is -2.14. The summed E-state index contributed by atoms with van der Waals surface area (Å²) in [6.07, 6.45) is 3.98. The van der Waals surface area contributed by atoms with Gasteiger partial charge in [-0.2, -0.15) is 8.78 Å². The second-order valence-corrected chi connectivity index (χ2v) is 8.22. The maximum Gasteiger partial charge on any atom is 0.341 e. The second-order valence-electron chi connectivity index (χ2n) is 5.24. The number of hydrogen-bond acceptors (Lipinski definition) is 6. The first-order valence-electron chi connectivity index (χ1n) is 7.60. The Labute approximate surface area is 148 Å². The number of aromatic nitrogens is 2. The minimum Gasteiger partial charge on any atom is -0.296 e. The molecule has 10 heteroatoms. The summed E-state index contributed by atoms with van der Waals surface area (Å²) in [4.78, 5) is 11.6. The second kappa shape index (κ2) is 8.43. The SMILES string of the molecule is CCCCCc1nnc(NC(=O)c2ccc(S(=O)(=O)C(F)F)cc2)s1. The Kier molecular flexibility index (Phi) is 6.54. The Morgan fingerprint density at radius 2 is 1.88 bits per heavy atom. The average molecular weight is 389 g/mol. The van der Waals surface area contributed by atoms with Crippen LogP contribution < -0.4 is 5.32 Å². The fourth-order valence-electron chi connectivity index (χ4n) is 2.00. The average Bonchev–Trinajstić information content (AvgIpc) is 3.02. The van der Waals surface area contributed by atoms with Crippen LogP contribution in [0.15, 0.2) is 29.2 Å². The molecule has 136 valence electrons. The lowest BCUT2D eigenvalue weighted by atomic mass is 10.2. The van der Waals surface area contributed by atoms with Crippen molar-refractivity contribution in [2.24, 2.45) is 0 Å². The summed E-state index contributed by atoms with van der Waals surface area (Å²) in [5.41, 5.74) is 0.135. The Balaban J connectivity index is 2.02. The number of nitrogens with zero attached hydrogens (tertiary/aromatic N) is 2. The van der Waals surface area contributed by atoms with Crippen molar-refractivity contribution < 1.29 is 22.0 Å². The molecule has 0 saturated heterocycles. The summed E-state index contributed by atoms with van der Waals surface area (Å²) >= 11 is 1.27. The van der Waals surface area contributed by atoms with Crippen molar-refractivity contribution >= 4 is 32.2 Å². The fourth-order valence-corrected chi connectivity index (χ4v) is 3.50. The number of halogens is 2. The minimum absolute atomic E-state index is 0.135. The number of unbranched alkanes of at least 4 members (excludes halogenated alkanes) is 2. The van der Waals surface area contributed by atoms with Gasteiger partial charge in [-0.15, -0.1) is 10.2 Å². The van der Waals surface area contributed by atoms with Crippen molar-refractivity contribution in [3.05, 3.63) is 34.8 Å². The molecule has 0 fully saturated rings. The highest BCUT2D eigenvalue weighted by Gasteiger charge is 2.26. The van der Waals surface area contributed by atoms with Crippen LogP contribution in [0.5, 0.6) is 0 Å². The van der Waals surface area contributed by atoms with Gasteiger partial charge in [0.1, 0.15) is 5.01 Å². The number of anilines is 1. The summed E-state index contributed by atoms with van der Waals surface area (Å²) in [6, 6.07) is 4.31. The molecular formula is C15H17F2N3O3S2. The molecule has 0 radical (unpaired) electrons. The molecule has 1 aromatic carbocycles. The van der Waals surface area contributed by atoms with E-state index in [1.165, 1.54) is 23.5 Å². The van der Waals surface area contributed by atoms with Crippen LogP contribution in [0.25, 0.3) is 0 Å². The van der Waals surface area contributed by atoms with Crippen LogP contribution in [0.2, 0.25) is 0 Å². The number of benzene rings is 1. The quantitative estimate of drug-likeness (QED) is 0.698. The first-order chi connectivity index (χ1) is 11.8. The molecule has 0 bridgehead atoms. The van der Waals surface area contributed by atoms with Gasteiger partial charge in [0.05, 0.1) is 4.90 Å². The van der Waals surface area contributed by atoms with E-state index in [0.717, 1.165) is 42.8 Å². The van der Waals surface area contributed by atoms with E-state index in [0.29, 0.717) is 5.13 Å². The van der Waals surface area contributed by atoms with Gasteiger partial charge in [-0.1, -0.05) is 31.1 Å². The maximum atomic E-state index is 12.5. The number of alkyl halides is 2. The molecule has 1 heterocycles. The molecule has 1 amide bonds. The number of nitrogens with one attached hydrogen (secondary N) is 1. The van der Waals surface area contributed by atoms with Crippen molar-refractivity contribution in [2.45, 2.75) is 43.3 Å². The van der Waals surface area contributed by atoms with Crippen LogP contribution in [-0.4, -0.2) is 30.3 Å². The Hall–Kier alpha value is -1.94. The van der Waals surface area contributed by atoms with Crippen LogP contribution in [0.3, 0.4) is 0 Å². The van der Waals surface area contributed by atoms with Gasteiger partial charge in [-0.25, -0.2) is 8.42 Å². The molecule has 25 heavy (non-hydrogen) atoms. The van der Waals surface area contributed by atoms with E-state index >= 15 is 0 Å². The van der Waals surface area contributed by atoms with Crippen LogP contribution in [0.4, 0.5) is 13.9 Å². The third-order valence-corrected chi connectivity index (χ3v) is 5.66. The molecule has 2 aromatic rings. The predicted octanol–water partition coefficient (Wildman–Crippen LogP) is 3.52. The van der Waals surface area contributed by atoms with Crippen molar-refractivity contribution in [3.8, 4) is 0 Å². The van der Waals surface area contributed by atoms with Gasteiger partial charge in [0, 0.05) is 12.0 Å². The maximum absolute atomic E-state index is 12.5. The normalized spacial score (nSPS) is 11.7. The Morgan fingerprint density at radius 3 is 2.48 bits per heavy atom. The number of hydrogen-bond donors (Lipinski definition) is 1. The zero-order chi connectivity index (χ0) is 18.4. The first-order valence-corrected chi connectivity index (χ1v) is 9.96. The molecule has 6 nitrogen and oxygen atoms in total. The van der Waals surface area contributed by atoms with Gasteiger partial charge in [-0.05, 0) is 30.7 Å². The molecule has 1 N–H and O–H groups in total. The Bertz CT molecular complexity index is 821. The van der Waals surface area contributed by atoms with Gasteiger partial charge in [0.2, 0.25) is 15.0 Å². The molecule has 0 aliphatic carbocycles. The highest BCUT2D eigenvalue weighted by atomic mass is 32.2. The molecule has 0 aliphatic rings. The standard InChI is InChI=1S/C15H17F2N3O3S2/c1-2-3-4-5-12-19-20-15(24-12)18-13(21)10-6-8-11(9-7-10)25(22,23)14(16)17/h6-9,14H,2-5H2,1H3,(H,18,20,21). The smallest absolute Gasteiger partial charge is 0.296 e. The zero-order valence-corrected chi connectivity index (χ0v) is 15.0. The highest BCUT2D eigenvalue weighted by molar-refractivity contribution is 7.91. The van der Waals surface area contributed by atoms with Crippen LogP contribution >= 0.6 is 11.3 Å². The van der Waals surface area contributed by atoms with Gasteiger partial charge in [0.25, 0.3) is 5.91 Å². The topological polar surface area (TPSA) is 89.0 Å². The number of carbonyl (C=O) groups excluding carboxylic acids is 1. The van der Waals surface area contributed by atoms with Gasteiger partial charge in [0.15, 0.2) is 0 Å².